The SMILES string of the molecule is COCCN1C(=O)C(=O)C(=C(O)c2ccncc2)C1c1ccccc1. The van der Waals surface area contributed by atoms with Gasteiger partial charge < -0.3 is 14.7 Å². The molecule has 1 aromatic carbocycles. The number of amides is 1. The van der Waals surface area contributed by atoms with Gasteiger partial charge in [-0.05, 0) is 17.7 Å². The van der Waals surface area contributed by atoms with Crippen molar-refractivity contribution in [2.75, 3.05) is 20.3 Å². The number of ether oxygens (including phenoxy) is 1. The predicted octanol–water partition coefficient (Wildman–Crippen LogP) is 2.15. The highest BCUT2D eigenvalue weighted by molar-refractivity contribution is 6.46. The standard InChI is InChI=1S/C19H18N2O4/c1-25-12-11-21-16(13-5-3-2-4-6-13)15(18(23)19(21)24)17(22)14-7-9-20-10-8-14/h2-10,16,22H,11-12H2,1H3. The summed E-state index contributed by atoms with van der Waals surface area (Å²) in [6.07, 6.45) is 3.04. The number of aliphatic hydroxyl groups is 1. The normalized spacial score (nSPS) is 19.4. The van der Waals surface area contributed by atoms with Gasteiger partial charge in [-0.3, -0.25) is 14.6 Å². The van der Waals surface area contributed by atoms with E-state index >= 15 is 0 Å². The van der Waals surface area contributed by atoms with Gasteiger partial charge in [0.2, 0.25) is 0 Å². The van der Waals surface area contributed by atoms with Gasteiger partial charge >= 0.3 is 0 Å². The zero-order chi connectivity index (χ0) is 17.8. The number of aromatic nitrogens is 1. The van der Waals surface area contributed by atoms with E-state index in [1.54, 1.807) is 12.1 Å². The lowest BCUT2D eigenvalue weighted by molar-refractivity contribution is -0.140. The van der Waals surface area contributed by atoms with Gasteiger partial charge in [-0.2, -0.15) is 0 Å². The first-order chi connectivity index (χ1) is 12.1. The average molecular weight is 338 g/mol. The maximum Gasteiger partial charge on any atom is 0.295 e. The van der Waals surface area contributed by atoms with Crippen molar-refractivity contribution >= 4 is 17.4 Å². The van der Waals surface area contributed by atoms with E-state index in [2.05, 4.69) is 4.98 Å². The molecule has 6 heteroatoms. The first-order valence-corrected chi connectivity index (χ1v) is 7.88. The number of likely N-dealkylation sites (tertiary alicyclic amines) is 1. The van der Waals surface area contributed by atoms with E-state index in [1.165, 1.54) is 24.4 Å². The van der Waals surface area contributed by atoms with Gasteiger partial charge in [0.15, 0.2) is 0 Å². The maximum absolute atomic E-state index is 12.6. The van der Waals surface area contributed by atoms with Crippen LogP contribution in [-0.4, -0.2) is 46.9 Å². The van der Waals surface area contributed by atoms with Crippen molar-refractivity contribution in [1.29, 1.82) is 0 Å². The van der Waals surface area contributed by atoms with Crippen molar-refractivity contribution in [3.63, 3.8) is 0 Å². The Morgan fingerprint density at radius 1 is 1.16 bits per heavy atom. The molecule has 1 saturated heterocycles. The van der Waals surface area contributed by atoms with Crippen LogP contribution in [0.5, 0.6) is 0 Å². The fourth-order valence-electron chi connectivity index (χ4n) is 2.95. The van der Waals surface area contributed by atoms with Gasteiger partial charge in [-0.15, -0.1) is 0 Å². The summed E-state index contributed by atoms with van der Waals surface area (Å²) in [7, 11) is 1.53. The Hall–Kier alpha value is -2.99. The minimum atomic E-state index is -0.695. The third-order valence-electron chi connectivity index (χ3n) is 4.15. The Morgan fingerprint density at radius 2 is 1.84 bits per heavy atom. The van der Waals surface area contributed by atoms with Gasteiger partial charge in [0.05, 0.1) is 18.2 Å². The summed E-state index contributed by atoms with van der Waals surface area (Å²) in [5.41, 5.74) is 1.28. The molecule has 1 aliphatic rings. The summed E-state index contributed by atoms with van der Waals surface area (Å²) in [5, 5.41) is 10.7. The van der Waals surface area contributed by atoms with Crippen LogP contribution in [0, 0.1) is 0 Å². The molecule has 128 valence electrons. The van der Waals surface area contributed by atoms with Gasteiger partial charge in [-0.1, -0.05) is 30.3 Å². The van der Waals surface area contributed by atoms with Crippen LogP contribution in [0.2, 0.25) is 0 Å². The van der Waals surface area contributed by atoms with E-state index in [1.807, 2.05) is 30.3 Å². The second-order valence-corrected chi connectivity index (χ2v) is 5.63. The quantitative estimate of drug-likeness (QED) is 0.513. The first kappa shape index (κ1) is 16.9. The van der Waals surface area contributed by atoms with Crippen molar-refractivity contribution in [3.8, 4) is 0 Å². The molecule has 1 amide bonds. The Morgan fingerprint density at radius 3 is 2.48 bits per heavy atom. The Balaban J connectivity index is 2.14. The summed E-state index contributed by atoms with van der Waals surface area (Å²) in [5.74, 6) is -1.53. The van der Waals surface area contributed by atoms with Crippen molar-refractivity contribution < 1.29 is 19.4 Å². The largest absolute Gasteiger partial charge is 0.507 e. The number of aliphatic hydroxyl groups excluding tert-OH is 1. The van der Waals surface area contributed by atoms with Crippen LogP contribution >= 0.6 is 0 Å². The molecule has 3 rings (SSSR count). The Bertz CT molecular complexity index is 803. The molecule has 0 saturated carbocycles. The lowest BCUT2D eigenvalue weighted by Gasteiger charge is -2.25. The monoisotopic (exact) mass is 338 g/mol. The molecule has 2 aromatic rings. The van der Waals surface area contributed by atoms with Gasteiger partial charge in [-0.25, -0.2) is 0 Å². The number of methoxy groups -OCH3 is 1. The summed E-state index contributed by atoms with van der Waals surface area (Å²) >= 11 is 0. The first-order valence-electron chi connectivity index (χ1n) is 7.88. The van der Waals surface area contributed by atoms with Crippen molar-refractivity contribution in [2.45, 2.75) is 6.04 Å². The summed E-state index contributed by atoms with van der Waals surface area (Å²) in [6, 6.07) is 11.7. The fourth-order valence-corrected chi connectivity index (χ4v) is 2.95. The second kappa shape index (κ2) is 7.27. The number of ketones is 1. The second-order valence-electron chi connectivity index (χ2n) is 5.63. The summed E-state index contributed by atoms with van der Waals surface area (Å²) < 4.78 is 5.06. The predicted molar refractivity (Wildman–Crippen MR) is 91.6 cm³/mol. The van der Waals surface area contributed by atoms with Crippen LogP contribution in [0.15, 0.2) is 60.4 Å². The molecule has 0 bridgehead atoms. The molecule has 0 spiro atoms. The van der Waals surface area contributed by atoms with Crippen LogP contribution in [0.25, 0.3) is 5.76 Å². The van der Waals surface area contributed by atoms with Crippen molar-refractivity contribution in [1.82, 2.24) is 9.88 Å². The molecular weight excluding hydrogens is 320 g/mol. The van der Waals surface area contributed by atoms with Crippen LogP contribution in [-0.2, 0) is 14.3 Å². The number of hydrogen-bond acceptors (Lipinski definition) is 5. The molecule has 1 aliphatic heterocycles. The van der Waals surface area contributed by atoms with Gasteiger partial charge in [0.1, 0.15) is 5.76 Å². The zero-order valence-electron chi connectivity index (χ0n) is 13.8. The van der Waals surface area contributed by atoms with E-state index in [-0.39, 0.29) is 17.9 Å². The van der Waals surface area contributed by atoms with E-state index in [0.717, 1.165) is 5.56 Å². The highest BCUT2D eigenvalue weighted by Crippen LogP contribution is 2.38. The lowest BCUT2D eigenvalue weighted by Crippen LogP contribution is -2.32. The third-order valence-corrected chi connectivity index (χ3v) is 4.15. The van der Waals surface area contributed by atoms with Crippen LogP contribution < -0.4 is 0 Å². The molecule has 25 heavy (non-hydrogen) atoms. The maximum atomic E-state index is 12.6. The molecule has 1 atom stereocenters. The molecule has 1 N–H and O–H groups in total. The number of carbonyl (C=O) groups excluding carboxylic acids is 2. The van der Waals surface area contributed by atoms with Crippen molar-refractivity contribution in [2.24, 2.45) is 0 Å². The average Bonchev–Trinajstić information content (AvgIpc) is 2.91. The number of carbonyl (C=O) groups is 2. The molecular formula is C19H18N2O4. The number of nitrogens with zero attached hydrogens (tertiary/aromatic N) is 2. The van der Waals surface area contributed by atoms with Crippen LogP contribution in [0.3, 0.4) is 0 Å². The molecule has 0 aliphatic carbocycles. The summed E-state index contributed by atoms with van der Waals surface area (Å²) in [6.45, 7) is 0.555. The Labute approximate surface area is 145 Å². The minimum absolute atomic E-state index is 0.0819. The zero-order valence-corrected chi connectivity index (χ0v) is 13.8. The highest BCUT2D eigenvalue weighted by atomic mass is 16.5. The lowest BCUT2D eigenvalue weighted by atomic mass is 9.95. The number of benzene rings is 1. The summed E-state index contributed by atoms with van der Waals surface area (Å²) in [4.78, 5) is 30.5. The highest BCUT2D eigenvalue weighted by Gasteiger charge is 2.45. The molecule has 1 unspecified atom stereocenters. The number of rotatable bonds is 5. The smallest absolute Gasteiger partial charge is 0.295 e. The topological polar surface area (TPSA) is 79.7 Å². The van der Waals surface area contributed by atoms with Crippen molar-refractivity contribution in [3.05, 3.63) is 71.6 Å². The molecule has 6 nitrogen and oxygen atoms in total. The van der Waals surface area contributed by atoms with E-state index in [9.17, 15) is 14.7 Å². The van der Waals surface area contributed by atoms with E-state index < -0.39 is 17.7 Å². The van der Waals surface area contributed by atoms with Crippen LogP contribution in [0.4, 0.5) is 0 Å². The number of pyridine rings is 1. The molecule has 0 radical (unpaired) electrons. The van der Waals surface area contributed by atoms with Gasteiger partial charge in [0, 0.05) is 31.6 Å². The Kier molecular flexibility index (Phi) is 4.90. The third kappa shape index (κ3) is 3.16. The van der Waals surface area contributed by atoms with E-state index in [0.29, 0.717) is 12.2 Å². The van der Waals surface area contributed by atoms with Gasteiger partial charge in [0.25, 0.3) is 11.7 Å². The molecule has 1 aromatic heterocycles. The fraction of sp³-hybridized carbons (Fsp3) is 0.211. The number of hydrogen-bond donors (Lipinski definition) is 1. The minimum Gasteiger partial charge on any atom is -0.507 e. The molecule has 1 fully saturated rings. The van der Waals surface area contributed by atoms with Crippen LogP contribution in [0.1, 0.15) is 17.2 Å². The number of Topliss-reactive ketones (excluding diaryl/α,β-unsaturated/α-hetero) is 1. The molecule has 2 heterocycles. The van der Waals surface area contributed by atoms with E-state index in [4.69, 9.17) is 4.74 Å².